The van der Waals surface area contributed by atoms with Crippen molar-refractivity contribution in [2.45, 2.75) is 32.4 Å². The fourth-order valence-electron chi connectivity index (χ4n) is 0.793. The Morgan fingerprint density at radius 2 is 2.09 bits per heavy atom. The lowest BCUT2D eigenvalue weighted by molar-refractivity contribution is 0.763. The lowest BCUT2D eigenvalue weighted by Gasteiger charge is -2.10. The van der Waals surface area contributed by atoms with Crippen LogP contribution in [0.25, 0.3) is 0 Å². The van der Waals surface area contributed by atoms with E-state index in [2.05, 4.69) is 32.0 Å². The van der Waals surface area contributed by atoms with Crippen molar-refractivity contribution in [3.05, 3.63) is 0 Å². The SMILES string of the molecule is CCC(C=NC)CSC(C)C. The number of aliphatic imine (C=N–C) groups is 1. The fourth-order valence-corrected chi connectivity index (χ4v) is 1.75. The first-order chi connectivity index (χ1) is 5.20. The van der Waals surface area contributed by atoms with Gasteiger partial charge >= 0.3 is 0 Å². The van der Waals surface area contributed by atoms with Crippen molar-refractivity contribution >= 4 is 18.0 Å². The minimum absolute atomic E-state index is 0.674. The molecule has 0 spiro atoms. The van der Waals surface area contributed by atoms with Crippen LogP contribution in [-0.4, -0.2) is 24.3 Å². The normalized spacial score (nSPS) is 14.6. The summed E-state index contributed by atoms with van der Waals surface area (Å²) in [6.07, 6.45) is 3.27. The molecule has 1 atom stereocenters. The second kappa shape index (κ2) is 6.71. The van der Waals surface area contributed by atoms with Gasteiger partial charge in [-0.05, 0) is 11.7 Å². The topological polar surface area (TPSA) is 12.4 Å². The van der Waals surface area contributed by atoms with Gasteiger partial charge in [0.25, 0.3) is 0 Å². The molecule has 1 unspecified atom stereocenters. The molecule has 0 bridgehead atoms. The van der Waals surface area contributed by atoms with Gasteiger partial charge in [-0.2, -0.15) is 11.8 Å². The van der Waals surface area contributed by atoms with Gasteiger partial charge in [0.15, 0.2) is 0 Å². The van der Waals surface area contributed by atoms with Gasteiger partial charge < -0.3 is 4.99 Å². The molecule has 0 heterocycles. The third kappa shape index (κ3) is 6.42. The predicted octanol–water partition coefficient (Wildman–Crippen LogP) is 2.85. The summed E-state index contributed by atoms with van der Waals surface area (Å²) >= 11 is 2.01. The van der Waals surface area contributed by atoms with Crippen LogP contribution in [0.5, 0.6) is 0 Å². The molecule has 0 saturated carbocycles. The molecule has 0 aliphatic heterocycles. The summed E-state index contributed by atoms with van der Waals surface area (Å²) in [5, 5.41) is 0.745. The minimum atomic E-state index is 0.674. The van der Waals surface area contributed by atoms with Crippen molar-refractivity contribution in [1.29, 1.82) is 0 Å². The Morgan fingerprint density at radius 3 is 2.45 bits per heavy atom. The van der Waals surface area contributed by atoms with Crippen LogP contribution in [0.15, 0.2) is 4.99 Å². The molecule has 0 rings (SSSR count). The van der Waals surface area contributed by atoms with Gasteiger partial charge in [0, 0.05) is 24.9 Å². The first-order valence-electron chi connectivity index (χ1n) is 4.24. The molecule has 0 aromatic rings. The molecule has 0 saturated heterocycles. The molecule has 0 radical (unpaired) electrons. The number of thioether (sulfide) groups is 1. The largest absolute Gasteiger partial charge is 0.301 e. The van der Waals surface area contributed by atoms with E-state index in [9.17, 15) is 0 Å². The van der Waals surface area contributed by atoms with E-state index in [0.29, 0.717) is 5.92 Å². The monoisotopic (exact) mass is 173 g/mol. The van der Waals surface area contributed by atoms with Gasteiger partial charge in [-0.25, -0.2) is 0 Å². The Kier molecular flexibility index (Phi) is 6.73. The maximum absolute atomic E-state index is 4.05. The summed E-state index contributed by atoms with van der Waals surface area (Å²) in [7, 11) is 1.85. The van der Waals surface area contributed by atoms with Crippen molar-refractivity contribution in [3.63, 3.8) is 0 Å². The van der Waals surface area contributed by atoms with Crippen LogP contribution in [-0.2, 0) is 0 Å². The summed E-state index contributed by atoms with van der Waals surface area (Å²) in [4.78, 5) is 4.05. The average Bonchev–Trinajstić information content (AvgIpc) is 1.97. The van der Waals surface area contributed by atoms with E-state index in [-0.39, 0.29) is 0 Å². The van der Waals surface area contributed by atoms with Crippen LogP contribution in [0.4, 0.5) is 0 Å². The highest BCUT2D eigenvalue weighted by Crippen LogP contribution is 2.15. The second-order valence-electron chi connectivity index (χ2n) is 2.96. The van der Waals surface area contributed by atoms with Crippen molar-refractivity contribution < 1.29 is 0 Å². The van der Waals surface area contributed by atoms with Crippen LogP contribution in [0, 0.1) is 5.92 Å². The summed E-state index contributed by atoms with van der Waals surface area (Å²) < 4.78 is 0. The van der Waals surface area contributed by atoms with Crippen LogP contribution >= 0.6 is 11.8 Å². The van der Waals surface area contributed by atoms with E-state index in [4.69, 9.17) is 0 Å². The van der Waals surface area contributed by atoms with E-state index in [1.807, 2.05) is 18.8 Å². The molecule has 66 valence electrons. The van der Waals surface area contributed by atoms with E-state index in [1.54, 1.807) is 0 Å². The van der Waals surface area contributed by atoms with Crippen LogP contribution in [0.1, 0.15) is 27.2 Å². The van der Waals surface area contributed by atoms with E-state index in [1.165, 1.54) is 12.2 Å². The Labute approximate surface area is 74.7 Å². The Bertz CT molecular complexity index is 110. The minimum Gasteiger partial charge on any atom is -0.301 e. The molecular weight excluding hydrogens is 154 g/mol. The zero-order valence-corrected chi connectivity index (χ0v) is 8.82. The van der Waals surface area contributed by atoms with E-state index in [0.717, 1.165) is 5.25 Å². The predicted molar refractivity (Wildman–Crippen MR) is 55.8 cm³/mol. The van der Waals surface area contributed by atoms with E-state index < -0.39 is 0 Å². The average molecular weight is 173 g/mol. The molecular formula is C9H19NS. The maximum atomic E-state index is 4.05. The third-order valence-corrected chi connectivity index (χ3v) is 2.82. The highest BCUT2D eigenvalue weighted by atomic mass is 32.2. The van der Waals surface area contributed by atoms with Gasteiger partial charge in [-0.15, -0.1) is 0 Å². The number of hydrogen-bond donors (Lipinski definition) is 0. The van der Waals surface area contributed by atoms with Crippen molar-refractivity contribution in [2.75, 3.05) is 12.8 Å². The lowest BCUT2D eigenvalue weighted by atomic mass is 10.1. The summed E-state index contributed by atoms with van der Waals surface area (Å²) in [6.45, 7) is 6.69. The number of hydrogen-bond acceptors (Lipinski definition) is 2. The smallest absolute Gasteiger partial charge is 0.0273 e. The molecule has 0 N–H and O–H groups in total. The zero-order valence-electron chi connectivity index (χ0n) is 8.00. The summed E-state index contributed by atoms with van der Waals surface area (Å²) in [5.41, 5.74) is 0. The van der Waals surface area contributed by atoms with Gasteiger partial charge in [0.05, 0.1) is 0 Å². The highest BCUT2D eigenvalue weighted by molar-refractivity contribution is 7.99. The second-order valence-corrected chi connectivity index (χ2v) is 4.57. The van der Waals surface area contributed by atoms with E-state index >= 15 is 0 Å². The highest BCUT2D eigenvalue weighted by Gasteiger charge is 2.03. The molecule has 2 heteroatoms. The molecule has 11 heavy (non-hydrogen) atoms. The maximum Gasteiger partial charge on any atom is 0.0273 e. The Balaban J connectivity index is 3.52. The quantitative estimate of drug-likeness (QED) is 0.582. The van der Waals surface area contributed by atoms with Crippen LogP contribution in [0.2, 0.25) is 0 Å². The molecule has 0 amide bonds. The molecule has 0 aliphatic rings. The molecule has 0 fully saturated rings. The van der Waals surface area contributed by atoms with Gasteiger partial charge in [-0.1, -0.05) is 20.8 Å². The number of nitrogens with zero attached hydrogens (tertiary/aromatic N) is 1. The molecule has 0 aliphatic carbocycles. The summed E-state index contributed by atoms with van der Waals surface area (Å²) in [6, 6.07) is 0. The first kappa shape index (κ1) is 11.0. The zero-order chi connectivity index (χ0) is 8.69. The number of rotatable bonds is 5. The van der Waals surface area contributed by atoms with Gasteiger partial charge in [0.1, 0.15) is 0 Å². The summed E-state index contributed by atoms with van der Waals surface area (Å²) in [5.74, 6) is 1.89. The third-order valence-electron chi connectivity index (χ3n) is 1.53. The van der Waals surface area contributed by atoms with Crippen molar-refractivity contribution in [3.8, 4) is 0 Å². The molecule has 1 nitrogen and oxygen atoms in total. The fraction of sp³-hybridized carbons (Fsp3) is 0.889. The molecule has 0 aromatic heterocycles. The Hall–Kier alpha value is 0.0200. The van der Waals surface area contributed by atoms with Gasteiger partial charge in [0.2, 0.25) is 0 Å². The van der Waals surface area contributed by atoms with Gasteiger partial charge in [-0.3, -0.25) is 0 Å². The standard InChI is InChI=1S/C9H19NS/c1-5-9(6-10-4)7-11-8(2)3/h6,8-9H,5,7H2,1-4H3. The van der Waals surface area contributed by atoms with Crippen molar-refractivity contribution in [1.82, 2.24) is 0 Å². The van der Waals surface area contributed by atoms with Crippen LogP contribution < -0.4 is 0 Å². The molecule has 0 aromatic carbocycles. The first-order valence-corrected chi connectivity index (χ1v) is 5.29. The lowest BCUT2D eigenvalue weighted by Crippen LogP contribution is -2.05. The van der Waals surface area contributed by atoms with Crippen molar-refractivity contribution in [2.24, 2.45) is 10.9 Å². The van der Waals surface area contributed by atoms with Crippen LogP contribution in [0.3, 0.4) is 0 Å². The Morgan fingerprint density at radius 1 is 1.45 bits per heavy atom.